The predicted molar refractivity (Wildman–Crippen MR) is 428 cm³/mol. The summed E-state index contributed by atoms with van der Waals surface area (Å²) < 4.78 is 68.8. The standard InChI is InChI=1S/C85H162O17P2/c1-6-9-12-15-18-21-24-27-30-32-34-36-38-41-44-47-50-55-61-66-71-84(89)101-80(74-95-82(87)68-63-58-53-48-45-42-40-37-35-33-31-28-25-22-19-16-13-10-7-2)76-99-103(91,92)97-72-79(86)73-98-104(93,94)100-77-81(75-96-83(88)69-64-59-56-51-52-57-62-67-78(4)5)102-85(90)70-65-60-54-49-46-43-39-29-26-23-20-17-14-11-8-3/h23,26,29,39,78-81,86H,6-22,24-25,27-28,30-38,40-77H2,1-5H3,(H,91,92)(H,93,94)/b26-23-,39-29-/t79-,80-,81-/m1/s1. The van der Waals surface area contributed by atoms with E-state index in [1.165, 1.54) is 238 Å². The predicted octanol–water partition coefficient (Wildman–Crippen LogP) is 25.5. The van der Waals surface area contributed by atoms with E-state index in [1.807, 2.05) is 0 Å². The van der Waals surface area contributed by atoms with Gasteiger partial charge in [-0.2, -0.15) is 0 Å². The number of carbonyl (C=O) groups excluding carboxylic acids is 4. The Labute approximate surface area is 637 Å². The minimum atomic E-state index is -4.97. The van der Waals surface area contributed by atoms with Crippen molar-refractivity contribution in [3.63, 3.8) is 0 Å². The molecular weight excluding hydrogens is 1350 g/mol. The molecule has 3 N–H and O–H groups in total. The van der Waals surface area contributed by atoms with Gasteiger partial charge in [-0.25, -0.2) is 9.13 Å². The van der Waals surface area contributed by atoms with Crippen molar-refractivity contribution in [2.24, 2.45) is 5.92 Å². The zero-order valence-electron chi connectivity index (χ0n) is 67.7. The zero-order chi connectivity index (χ0) is 76.2. The SMILES string of the molecule is CCCCCC/C=C\C=C/CCCCCCCC(=O)O[C@H](COC(=O)CCCCCCCCCC(C)C)COP(=O)(O)OC[C@H](O)COP(=O)(O)OC[C@@H](COC(=O)CCCCCCCCCCCCCCCCCCCCC)OC(=O)CCCCCCCCCCCCCCCCCCCCCC. The van der Waals surface area contributed by atoms with Crippen molar-refractivity contribution >= 4 is 39.5 Å². The molecule has 0 aromatic rings. The monoisotopic (exact) mass is 1520 g/mol. The van der Waals surface area contributed by atoms with Crippen molar-refractivity contribution in [3.8, 4) is 0 Å². The summed E-state index contributed by atoms with van der Waals surface area (Å²) in [4.78, 5) is 73.1. The fourth-order valence-electron chi connectivity index (χ4n) is 12.8. The first-order chi connectivity index (χ1) is 50.5. The highest BCUT2D eigenvalue weighted by atomic mass is 31.2. The number of phosphoric ester groups is 2. The first kappa shape index (κ1) is 102. The average molecular weight is 1520 g/mol. The number of aliphatic hydroxyl groups excluding tert-OH is 1. The summed E-state index contributed by atoms with van der Waals surface area (Å²) in [6, 6.07) is 0. The lowest BCUT2D eigenvalue weighted by Gasteiger charge is -2.21. The summed E-state index contributed by atoms with van der Waals surface area (Å²) >= 11 is 0. The molecule has 2 unspecified atom stereocenters. The van der Waals surface area contributed by atoms with Crippen molar-refractivity contribution < 1.29 is 80.2 Å². The van der Waals surface area contributed by atoms with Gasteiger partial charge in [0, 0.05) is 25.7 Å². The average Bonchev–Trinajstić information content (AvgIpc) is 0.905. The van der Waals surface area contributed by atoms with Crippen LogP contribution in [0.2, 0.25) is 0 Å². The van der Waals surface area contributed by atoms with E-state index in [4.69, 9.17) is 37.0 Å². The number of hydrogen-bond donors (Lipinski definition) is 3. The highest BCUT2D eigenvalue weighted by Gasteiger charge is 2.30. The van der Waals surface area contributed by atoms with Gasteiger partial charge in [-0.15, -0.1) is 0 Å². The van der Waals surface area contributed by atoms with Crippen LogP contribution in [0.25, 0.3) is 0 Å². The number of ether oxygens (including phenoxy) is 4. The molecule has 0 rings (SSSR count). The van der Waals surface area contributed by atoms with E-state index in [0.29, 0.717) is 31.6 Å². The van der Waals surface area contributed by atoms with Gasteiger partial charge in [0.05, 0.1) is 26.4 Å². The van der Waals surface area contributed by atoms with E-state index in [2.05, 4.69) is 58.9 Å². The van der Waals surface area contributed by atoms with E-state index < -0.39 is 97.5 Å². The number of rotatable bonds is 83. The third-order valence-electron chi connectivity index (χ3n) is 19.4. The molecule has 0 heterocycles. The molecule has 104 heavy (non-hydrogen) atoms. The molecule has 0 aromatic heterocycles. The molecule has 0 radical (unpaired) electrons. The lowest BCUT2D eigenvalue weighted by atomic mass is 10.0. The third-order valence-corrected chi connectivity index (χ3v) is 21.3. The second-order valence-electron chi connectivity index (χ2n) is 30.4. The van der Waals surface area contributed by atoms with Crippen molar-refractivity contribution in [1.82, 2.24) is 0 Å². The maximum absolute atomic E-state index is 13.1. The van der Waals surface area contributed by atoms with Gasteiger partial charge in [0.15, 0.2) is 12.2 Å². The number of hydrogen-bond acceptors (Lipinski definition) is 15. The normalized spacial score (nSPS) is 13.9. The Bertz CT molecular complexity index is 2070. The molecule has 0 saturated carbocycles. The molecule has 0 saturated heterocycles. The molecule has 19 heteroatoms. The van der Waals surface area contributed by atoms with Crippen LogP contribution in [0.1, 0.15) is 433 Å². The van der Waals surface area contributed by atoms with E-state index in [0.717, 1.165) is 109 Å². The van der Waals surface area contributed by atoms with E-state index in [9.17, 15) is 43.2 Å². The van der Waals surface area contributed by atoms with Crippen LogP contribution in [-0.2, 0) is 65.4 Å². The summed E-state index contributed by atoms with van der Waals surface area (Å²) in [6.45, 7) is 7.23. The van der Waals surface area contributed by atoms with Gasteiger partial charge in [0.2, 0.25) is 0 Å². The van der Waals surface area contributed by atoms with Crippen LogP contribution < -0.4 is 0 Å². The van der Waals surface area contributed by atoms with E-state index in [1.54, 1.807) is 0 Å². The smallest absolute Gasteiger partial charge is 0.462 e. The lowest BCUT2D eigenvalue weighted by molar-refractivity contribution is -0.161. The molecule has 5 atom stereocenters. The molecule has 0 fully saturated rings. The molecule has 0 aliphatic heterocycles. The third kappa shape index (κ3) is 77.7. The summed E-state index contributed by atoms with van der Waals surface area (Å²) in [5.74, 6) is -1.43. The van der Waals surface area contributed by atoms with Gasteiger partial charge in [0.1, 0.15) is 19.3 Å². The number of phosphoric acid groups is 2. The minimum Gasteiger partial charge on any atom is -0.462 e. The van der Waals surface area contributed by atoms with Crippen LogP contribution in [0.4, 0.5) is 0 Å². The zero-order valence-corrected chi connectivity index (χ0v) is 69.4. The van der Waals surface area contributed by atoms with Crippen molar-refractivity contribution in [1.29, 1.82) is 0 Å². The summed E-state index contributed by atoms with van der Waals surface area (Å²) in [5, 5.41) is 10.7. The van der Waals surface area contributed by atoms with Crippen LogP contribution in [-0.4, -0.2) is 96.7 Å². The Morgan fingerprint density at radius 1 is 0.298 bits per heavy atom. The van der Waals surface area contributed by atoms with Gasteiger partial charge in [-0.1, -0.05) is 380 Å². The summed E-state index contributed by atoms with van der Waals surface area (Å²) in [6.07, 6.45) is 73.2. The van der Waals surface area contributed by atoms with Crippen molar-refractivity contribution in [2.45, 2.75) is 451 Å². The molecule has 0 bridgehead atoms. The Balaban J connectivity index is 5.25. The molecule has 0 aliphatic rings. The van der Waals surface area contributed by atoms with Gasteiger partial charge < -0.3 is 33.8 Å². The van der Waals surface area contributed by atoms with E-state index >= 15 is 0 Å². The highest BCUT2D eigenvalue weighted by molar-refractivity contribution is 7.47. The van der Waals surface area contributed by atoms with Gasteiger partial charge in [-0.05, 0) is 57.3 Å². The number of carbonyl (C=O) groups is 4. The van der Waals surface area contributed by atoms with Gasteiger partial charge in [0.25, 0.3) is 0 Å². The van der Waals surface area contributed by atoms with Crippen LogP contribution in [0, 0.1) is 5.92 Å². The Morgan fingerprint density at radius 2 is 0.519 bits per heavy atom. The van der Waals surface area contributed by atoms with Crippen LogP contribution in [0.5, 0.6) is 0 Å². The Hall–Kier alpha value is -2.46. The topological polar surface area (TPSA) is 237 Å². The van der Waals surface area contributed by atoms with Crippen molar-refractivity contribution in [3.05, 3.63) is 24.3 Å². The first-order valence-corrected chi connectivity index (χ1v) is 46.4. The largest absolute Gasteiger partial charge is 0.472 e. The van der Waals surface area contributed by atoms with Crippen molar-refractivity contribution in [2.75, 3.05) is 39.6 Å². The molecule has 0 amide bonds. The molecule has 0 aromatic carbocycles. The second kappa shape index (κ2) is 77.3. The van der Waals surface area contributed by atoms with E-state index in [-0.39, 0.29) is 25.7 Å². The first-order valence-electron chi connectivity index (χ1n) is 43.5. The highest BCUT2D eigenvalue weighted by Crippen LogP contribution is 2.45. The number of allylic oxidation sites excluding steroid dienone is 4. The maximum atomic E-state index is 13.1. The van der Waals surface area contributed by atoms with Crippen LogP contribution in [0.15, 0.2) is 24.3 Å². The van der Waals surface area contributed by atoms with Crippen LogP contribution in [0.3, 0.4) is 0 Å². The molecule has 0 aliphatic carbocycles. The number of esters is 4. The summed E-state index contributed by atoms with van der Waals surface area (Å²) in [5.41, 5.74) is 0. The molecule has 614 valence electrons. The Kier molecular flexibility index (Phi) is 75.4. The lowest BCUT2D eigenvalue weighted by Crippen LogP contribution is -2.30. The molecule has 17 nitrogen and oxygen atoms in total. The fraction of sp³-hybridized carbons (Fsp3) is 0.906. The van der Waals surface area contributed by atoms with Gasteiger partial charge >= 0.3 is 39.5 Å². The quantitative estimate of drug-likeness (QED) is 0.0169. The van der Waals surface area contributed by atoms with Gasteiger partial charge in [-0.3, -0.25) is 37.3 Å². The van der Waals surface area contributed by atoms with Crippen LogP contribution >= 0.6 is 15.6 Å². The second-order valence-corrected chi connectivity index (χ2v) is 33.3. The molecule has 0 spiro atoms. The summed E-state index contributed by atoms with van der Waals surface area (Å²) in [7, 11) is -9.94. The molecular formula is C85H162O17P2. The number of aliphatic hydroxyl groups is 1. The fourth-order valence-corrected chi connectivity index (χ4v) is 14.3. The Morgan fingerprint density at radius 3 is 0.788 bits per heavy atom. The minimum absolute atomic E-state index is 0.0847. The maximum Gasteiger partial charge on any atom is 0.472 e. The number of unbranched alkanes of at least 4 members (excludes halogenated alkanes) is 52.